The van der Waals surface area contributed by atoms with Crippen LogP contribution < -0.4 is 5.32 Å². The molecule has 1 aliphatic rings. The molecule has 0 bridgehead atoms. The molecular weight excluding hydrogens is 152 g/mol. The molecule has 0 amide bonds. The molecule has 1 N–H and O–H groups in total. The van der Waals surface area contributed by atoms with Gasteiger partial charge in [-0.2, -0.15) is 4.98 Å². The molecule has 0 radical (unpaired) electrons. The van der Waals surface area contributed by atoms with E-state index >= 15 is 0 Å². The van der Waals surface area contributed by atoms with E-state index in [1.54, 1.807) is 6.26 Å². The lowest BCUT2D eigenvalue weighted by molar-refractivity contribution is 0.448. The summed E-state index contributed by atoms with van der Waals surface area (Å²) in [6, 6.07) is 0. The summed E-state index contributed by atoms with van der Waals surface area (Å²) in [6.07, 6.45) is 6.81. The third-order valence-corrected chi connectivity index (χ3v) is 2.48. The van der Waals surface area contributed by atoms with Crippen LogP contribution in [-0.4, -0.2) is 12.0 Å². The van der Waals surface area contributed by atoms with E-state index in [1.165, 1.54) is 25.7 Å². The summed E-state index contributed by atoms with van der Waals surface area (Å²) in [6.45, 7) is 0. The van der Waals surface area contributed by atoms with Gasteiger partial charge in [0, 0.05) is 13.0 Å². The SMILES string of the molecule is CNc1coc(C2CCCC2)n1. The van der Waals surface area contributed by atoms with Gasteiger partial charge in [0.1, 0.15) is 6.26 Å². The minimum atomic E-state index is 0.576. The van der Waals surface area contributed by atoms with Crippen molar-refractivity contribution in [2.45, 2.75) is 31.6 Å². The number of oxazole rings is 1. The molecule has 1 saturated carbocycles. The standard InChI is InChI=1S/C9H14N2O/c1-10-8-6-12-9(11-8)7-4-2-3-5-7/h6-7,10H,2-5H2,1H3. The van der Waals surface area contributed by atoms with Crippen LogP contribution in [0.2, 0.25) is 0 Å². The minimum absolute atomic E-state index is 0.576. The lowest BCUT2D eigenvalue weighted by atomic mass is 10.1. The maximum absolute atomic E-state index is 5.37. The maximum Gasteiger partial charge on any atom is 0.199 e. The summed E-state index contributed by atoms with van der Waals surface area (Å²) in [5.41, 5.74) is 0. The number of nitrogens with one attached hydrogen (secondary N) is 1. The molecule has 2 rings (SSSR count). The van der Waals surface area contributed by atoms with E-state index in [0.29, 0.717) is 5.92 Å². The zero-order valence-corrected chi connectivity index (χ0v) is 7.34. The Bertz CT molecular complexity index is 251. The summed E-state index contributed by atoms with van der Waals surface area (Å²) in [5, 5.41) is 2.97. The zero-order chi connectivity index (χ0) is 8.39. The Hall–Kier alpha value is -0.990. The second-order valence-electron chi connectivity index (χ2n) is 3.30. The van der Waals surface area contributed by atoms with E-state index in [9.17, 15) is 0 Å². The van der Waals surface area contributed by atoms with Crippen molar-refractivity contribution in [3.63, 3.8) is 0 Å². The lowest BCUT2D eigenvalue weighted by Crippen LogP contribution is -1.93. The fourth-order valence-electron chi connectivity index (χ4n) is 1.76. The molecule has 66 valence electrons. The Kier molecular flexibility index (Phi) is 2.02. The molecule has 1 heterocycles. The third-order valence-electron chi connectivity index (χ3n) is 2.48. The highest BCUT2D eigenvalue weighted by Crippen LogP contribution is 2.33. The maximum atomic E-state index is 5.37. The van der Waals surface area contributed by atoms with Crippen molar-refractivity contribution < 1.29 is 4.42 Å². The Morgan fingerprint density at radius 2 is 2.25 bits per heavy atom. The van der Waals surface area contributed by atoms with Crippen molar-refractivity contribution in [2.24, 2.45) is 0 Å². The van der Waals surface area contributed by atoms with Gasteiger partial charge in [-0.1, -0.05) is 12.8 Å². The normalized spacial score (nSPS) is 18.4. The molecule has 0 saturated heterocycles. The van der Waals surface area contributed by atoms with Gasteiger partial charge < -0.3 is 9.73 Å². The van der Waals surface area contributed by atoms with Gasteiger partial charge in [0.15, 0.2) is 11.7 Å². The average molecular weight is 166 g/mol. The highest BCUT2D eigenvalue weighted by atomic mass is 16.3. The fraction of sp³-hybridized carbons (Fsp3) is 0.667. The van der Waals surface area contributed by atoms with Crippen LogP contribution >= 0.6 is 0 Å². The highest BCUT2D eigenvalue weighted by molar-refractivity contribution is 5.29. The van der Waals surface area contributed by atoms with E-state index in [1.807, 2.05) is 7.05 Å². The van der Waals surface area contributed by atoms with E-state index < -0.39 is 0 Å². The summed E-state index contributed by atoms with van der Waals surface area (Å²) in [5.74, 6) is 2.33. The van der Waals surface area contributed by atoms with Gasteiger partial charge in [-0.05, 0) is 12.8 Å². The molecule has 1 fully saturated rings. The van der Waals surface area contributed by atoms with Gasteiger partial charge in [-0.15, -0.1) is 0 Å². The van der Waals surface area contributed by atoms with Crippen LogP contribution in [0.15, 0.2) is 10.7 Å². The van der Waals surface area contributed by atoms with Crippen LogP contribution in [0.1, 0.15) is 37.5 Å². The first-order chi connectivity index (χ1) is 5.90. The number of aromatic nitrogens is 1. The number of rotatable bonds is 2. The zero-order valence-electron chi connectivity index (χ0n) is 7.34. The molecule has 3 nitrogen and oxygen atoms in total. The predicted molar refractivity (Wildman–Crippen MR) is 47.3 cm³/mol. The van der Waals surface area contributed by atoms with Crippen molar-refractivity contribution >= 4 is 5.82 Å². The van der Waals surface area contributed by atoms with E-state index in [-0.39, 0.29) is 0 Å². The van der Waals surface area contributed by atoms with Crippen LogP contribution in [0.25, 0.3) is 0 Å². The molecule has 0 aliphatic heterocycles. The van der Waals surface area contributed by atoms with Gasteiger partial charge in [-0.3, -0.25) is 0 Å². The minimum Gasteiger partial charge on any atom is -0.446 e. The molecule has 1 aromatic rings. The number of anilines is 1. The molecule has 0 unspecified atom stereocenters. The number of hydrogen-bond acceptors (Lipinski definition) is 3. The second kappa shape index (κ2) is 3.17. The van der Waals surface area contributed by atoms with E-state index in [2.05, 4.69) is 10.3 Å². The second-order valence-corrected chi connectivity index (χ2v) is 3.30. The molecule has 0 aromatic carbocycles. The number of hydrogen-bond donors (Lipinski definition) is 1. The largest absolute Gasteiger partial charge is 0.446 e. The van der Waals surface area contributed by atoms with Crippen molar-refractivity contribution in [1.29, 1.82) is 0 Å². The van der Waals surface area contributed by atoms with Crippen molar-refractivity contribution in [3.8, 4) is 0 Å². The van der Waals surface area contributed by atoms with Crippen LogP contribution in [0.3, 0.4) is 0 Å². The molecule has 12 heavy (non-hydrogen) atoms. The Labute approximate surface area is 72.2 Å². The van der Waals surface area contributed by atoms with Gasteiger partial charge in [0.25, 0.3) is 0 Å². The third kappa shape index (κ3) is 1.31. The van der Waals surface area contributed by atoms with E-state index in [0.717, 1.165) is 11.7 Å². The molecular formula is C9H14N2O. The highest BCUT2D eigenvalue weighted by Gasteiger charge is 2.21. The topological polar surface area (TPSA) is 38.1 Å². The van der Waals surface area contributed by atoms with Crippen LogP contribution in [0.4, 0.5) is 5.82 Å². The van der Waals surface area contributed by atoms with Crippen LogP contribution in [0, 0.1) is 0 Å². The molecule has 0 spiro atoms. The first-order valence-electron chi connectivity index (χ1n) is 4.53. The summed E-state index contributed by atoms with van der Waals surface area (Å²) in [4.78, 5) is 4.33. The predicted octanol–water partition coefficient (Wildman–Crippen LogP) is 2.37. The smallest absolute Gasteiger partial charge is 0.199 e. The van der Waals surface area contributed by atoms with Crippen LogP contribution in [0.5, 0.6) is 0 Å². The Morgan fingerprint density at radius 3 is 2.83 bits per heavy atom. The Morgan fingerprint density at radius 1 is 1.50 bits per heavy atom. The molecule has 1 aromatic heterocycles. The summed E-state index contributed by atoms with van der Waals surface area (Å²) >= 11 is 0. The van der Waals surface area contributed by atoms with Crippen LogP contribution in [-0.2, 0) is 0 Å². The quantitative estimate of drug-likeness (QED) is 0.733. The van der Waals surface area contributed by atoms with Crippen molar-refractivity contribution in [3.05, 3.63) is 12.2 Å². The Balaban J connectivity index is 2.11. The average Bonchev–Trinajstić information content (AvgIpc) is 2.75. The molecule has 3 heteroatoms. The first-order valence-corrected chi connectivity index (χ1v) is 4.53. The fourth-order valence-corrected chi connectivity index (χ4v) is 1.76. The van der Waals surface area contributed by atoms with E-state index in [4.69, 9.17) is 4.42 Å². The molecule has 1 aliphatic carbocycles. The van der Waals surface area contributed by atoms with Gasteiger partial charge in [0.2, 0.25) is 0 Å². The molecule has 0 atom stereocenters. The van der Waals surface area contributed by atoms with Gasteiger partial charge in [0.05, 0.1) is 0 Å². The van der Waals surface area contributed by atoms with Crippen molar-refractivity contribution in [2.75, 3.05) is 12.4 Å². The van der Waals surface area contributed by atoms with Gasteiger partial charge >= 0.3 is 0 Å². The number of nitrogens with zero attached hydrogens (tertiary/aromatic N) is 1. The summed E-state index contributed by atoms with van der Waals surface area (Å²) < 4.78 is 5.37. The summed E-state index contributed by atoms with van der Waals surface area (Å²) in [7, 11) is 1.86. The monoisotopic (exact) mass is 166 g/mol. The van der Waals surface area contributed by atoms with Crippen molar-refractivity contribution in [1.82, 2.24) is 4.98 Å². The van der Waals surface area contributed by atoms with Gasteiger partial charge in [-0.25, -0.2) is 0 Å². The lowest BCUT2D eigenvalue weighted by Gasteiger charge is -2.00. The first kappa shape index (κ1) is 7.65.